The number of aromatic nitrogens is 2. The van der Waals surface area contributed by atoms with Gasteiger partial charge in [-0.15, -0.1) is 0 Å². The Hall–Kier alpha value is -4.53. The second kappa shape index (κ2) is 11.0. The minimum absolute atomic E-state index is 0.0930. The fourth-order valence-electron chi connectivity index (χ4n) is 4.63. The number of nitro groups is 1. The lowest BCUT2D eigenvalue weighted by Crippen LogP contribution is -2.47. The highest BCUT2D eigenvalue weighted by Crippen LogP contribution is 2.36. The Morgan fingerprint density at radius 1 is 0.784 bits per heavy atom. The summed E-state index contributed by atoms with van der Waals surface area (Å²) in [6.45, 7) is 3.30. The number of hydrogen-bond acceptors (Lipinski definition) is 7. The lowest BCUT2D eigenvalue weighted by molar-refractivity contribution is -0.383. The van der Waals surface area contributed by atoms with Gasteiger partial charge in [0.1, 0.15) is 12.1 Å². The second-order valence-corrected chi connectivity index (χ2v) is 8.90. The predicted octanol–water partition coefficient (Wildman–Crippen LogP) is 5.06. The minimum Gasteiger partial charge on any atom is -0.368 e. The smallest absolute Gasteiger partial charge is 0.353 e. The van der Waals surface area contributed by atoms with Crippen LogP contribution in [0.1, 0.15) is 11.1 Å². The lowest BCUT2D eigenvalue weighted by Gasteiger charge is -2.36. The van der Waals surface area contributed by atoms with E-state index < -0.39 is 0 Å². The van der Waals surface area contributed by atoms with Crippen molar-refractivity contribution in [2.45, 2.75) is 13.1 Å². The van der Waals surface area contributed by atoms with Crippen LogP contribution in [-0.4, -0.2) is 41.1 Å². The molecule has 3 aromatic carbocycles. The van der Waals surface area contributed by atoms with Crippen molar-refractivity contribution in [1.29, 1.82) is 0 Å². The van der Waals surface area contributed by atoms with Gasteiger partial charge in [0, 0.05) is 45.0 Å². The van der Waals surface area contributed by atoms with Gasteiger partial charge in [-0.05, 0) is 35.4 Å². The molecular weight excluding hydrogens is 471 g/mol. The summed E-state index contributed by atoms with van der Waals surface area (Å²) in [5.74, 6) is 0.339. The van der Waals surface area contributed by atoms with Gasteiger partial charge in [0.05, 0.1) is 4.92 Å². The van der Waals surface area contributed by atoms with E-state index in [1.54, 1.807) is 12.1 Å². The molecule has 1 aromatic heterocycles. The highest BCUT2D eigenvalue weighted by atomic mass is 19.1. The standard InChI is InChI=1S/C28H27FN6O2/c29-24-11-13-25(14-12-24)32-15-17-33(18-16-32)27-26(35(36)37)28(31-21-30-27)34(19-22-7-3-1-4-8-22)20-23-9-5-2-6-10-23/h1-14,21H,15-20H2. The van der Waals surface area contributed by atoms with Crippen molar-refractivity contribution in [3.8, 4) is 0 Å². The summed E-state index contributed by atoms with van der Waals surface area (Å²) in [6, 6.07) is 26.1. The third-order valence-corrected chi connectivity index (χ3v) is 6.47. The topological polar surface area (TPSA) is 78.6 Å². The van der Waals surface area contributed by atoms with Crippen molar-refractivity contribution in [2.24, 2.45) is 0 Å². The SMILES string of the molecule is O=[N+]([O-])c1c(N2CCN(c3ccc(F)cc3)CC2)ncnc1N(Cc1ccccc1)Cc1ccccc1. The molecule has 5 rings (SSSR count). The second-order valence-electron chi connectivity index (χ2n) is 8.90. The number of nitrogens with zero attached hydrogens (tertiary/aromatic N) is 6. The van der Waals surface area contributed by atoms with Crippen LogP contribution >= 0.6 is 0 Å². The van der Waals surface area contributed by atoms with Gasteiger partial charge in [0.25, 0.3) is 0 Å². The van der Waals surface area contributed by atoms with E-state index in [4.69, 9.17) is 0 Å². The zero-order chi connectivity index (χ0) is 25.6. The number of anilines is 3. The maximum absolute atomic E-state index is 13.3. The fourth-order valence-corrected chi connectivity index (χ4v) is 4.63. The fraction of sp³-hybridized carbons (Fsp3) is 0.214. The van der Waals surface area contributed by atoms with E-state index in [9.17, 15) is 14.5 Å². The van der Waals surface area contributed by atoms with Crippen LogP contribution in [0.3, 0.4) is 0 Å². The van der Waals surface area contributed by atoms with Gasteiger partial charge in [-0.2, -0.15) is 0 Å². The molecule has 0 atom stereocenters. The quantitative estimate of drug-likeness (QED) is 0.248. The van der Waals surface area contributed by atoms with E-state index in [0.717, 1.165) is 16.8 Å². The molecular formula is C28H27FN6O2. The number of rotatable bonds is 8. The third-order valence-electron chi connectivity index (χ3n) is 6.47. The summed E-state index contributed by atoms with van der Waals surface area (Å²) in [4.78, 5) is 26.9. The van der Waals surface area contributed by atoms with Gasteiger partial charge >= 0.3 is 5.69 Å². The van der Waals surface area contributed by atoms with E-state index in [0.29, 0.717) is 50.9 Å². The third kappa shape index (κ3) is 5.66. The molecule has 188 valence electrons. The highest BCUT2D eigenvalue weighted by Gasteiger charge is 2.32. The first kappa shape index (κ1) is 24.2. The van der Waals surface area contributed by atoms with Crippen LogP contribution < -0.4 is 14.7 Å². The predicted molar refractivity (Wildman–Crippen MR) is 142 cm³/mol. The Labute approximate surface area is 214 Å². The van der Waals surface area contributed by atoms with Crippen molar-refractivity contribution in [2.75, 3.05) is 40.9 Å². The Balaban J connectivity index is 1.44. The molecule has 9 heteroatoms. The average Bonchev–Trinajstić information content (AvgIpc) is 2.94. The molecule has 2 heterocycles. The minimum atomic E-state index is -0.375. The molecule has 0 bridgehead atoms. The van der Waals surface area contributed by atoms with E-state index in [-0.39, 0.29) is 16.4 Å². The molecule has 37 heavy (non-hydrogen) atoms. The van der Waals surface area contributed by atoms with Crippen LogP contribution in [0.15, 0.2) is 91.3 Å². The number of halogens is 1. The van der Waals surface area contributed by atoms with Crippen molar-refractivity contribution in [1.82, 2.24) is 9.97 Å². The van der Waals surface area contributed by atoms with Crippen molar-refractivity contribution >= 4 is 23.0 Å². The van der Waals surface area contributed by atoms with Gasteiger partial charge < -0.3 is 14.7 Å². The van der Waals surface area contributed by atoms with Crippen LogP contribution in [0.5, 0.6) is 0 Å². The Bertz CT molecular complexity index is 1290. The zero-order valence-corrected chi connectivity index (χ0v) is 20.3. The van der Waals surface area contributed by atoms with Gasteiger partial charge in [-0.25, -0.2) is 14.4 Å². The molecule has 0 aliphatic carbocycles. The highest BCUT2D eigenvalue weighted by molar-refractivity contribution is 5.72. The molecule has 8 nitrogen and oxygen atoms in total. The van der Waals surface area contributed by atoms with Crippen LogP contribution in [-0.2, 0) is 13.1 Å². The molecule has 0 N–H and O–H groups in total. The van der Waals surface area contributed by atoms with Gasteiger partial charge in [-0.3, -0.25) is 10.1 Å². The molecule has 1 fully saturated rings. The van der Waals surface area contributed by atoms with Gasteiger partial charge in [0.2, 0.25) is 11.6 Å². The maximum atomic E-state index is 13.3. The van der Waals surface area contributed by atoms with Crippen molar-refractivity contribution < 1.29 is 9.31 Å². The first-order valence-electron chi connectivity index (χ1n) is 12.2. The summed E-state index contributed by atoms with van der Waals surface area (Å²) in [5, 5.41) is 12.4. The first-order valence-corrected chi connectivity index (χ1v) is 12.2. The van der Waals surface area contributed by atoms with E-state index in [1.165, 1.54) is 18.5 Å². The normalized spacial score (nSPS) is 13.4. The molecule has 0 amide bonds. The molecule has 0 spiro atoms. The number of piperazine rings is 1. The molecule has 0 unspecified atom stereocenters. The van der Waals surface area contributed by atoms with E-state index in [2.05, 4.69) is 14.9 Å². The van der Waals surface area contributed by atoms with Crippen LogP contribution in [0.2, 0.25) is 0 Å². The van der Waals surface area contributed by atoms with Crippen molar-refractivity contribution in [3.63, 3.8) is 0 Å². The van der Waals surface area contributed by atoms with Gasteiger partial charge in [0.15, 0.2) is 0 Å². The summed E-state index contributed by atoms with van der Waals surface area (Å²) >= 11 is 0. The molecule has 0 radical (unpaired) electrons. The number of hydrogen-bond donors (Lipinski definition) is 0. The van der Waals surface area contributed by atoms with Gasteiger partial charge in [-0.1, -0.05) is 60.7 Å². The summed E-state index contributed by atoms with van der Waals surface area (Å²) in [5.41, 5.74) is 2.89. The Morgan fingerprint density at radius 2 is 1.32 bits per heavy atom. The first-order chi connectivity index (χ1) is 18.1. The molecule has 1 aliphatic heterocycles. The summed E-state index contributed by atoms with van der Waals surface area (Å²) < 4.78 is 13.3. The molecule has 4 aromatic rings. The van der Waals surface area contributed by atoms with Crippen LogP contribution in [0, 0.1) is 15.9 Å². The van der Waals surface area contributed by atoms with E-state index >= 15 is 0 Å². The maximum Gasteiger partial charge on any atom is 0.353 e. The lowest BCUT2D eigenvalue weighted by atomic mass is 10.1. The molecule has 1 aliphatic rings. The summed E-state index contributed by atoms with van der Waals surface area (Å²) in [6.07, 6.45) is 1.41. The largest absolute Gasteiger partial charge is 0.368 e. The van der Waals surface area contributed by atoms with E-state index in [1.807, 2.05) is 70.5 Å². The molecule has 1 saturated heterocycles. The van der Waals surface area contributed by atoms with Crippen LogP contribution in [0.4, 0.5) is 27.4 Å². The summed E-state index contributed by atoms with van der Waals surface area (Å²) in [7, 11) is 0. The van der Waals surface area contributed by atoms with Crippen molar-refractivity contribution in [3.05, 3.63) is 118 Å². The Kier molecular flexibility index (Phi) is 7.21. The average molecular weight is 499 g/mol. The molecule has 0 saturated carbocycles. The monoisotopic (exact) mass is 498 g/mol. The Morgan fingerprint density at radius 3 is 1.86 bits per heavy atom. The zero-order valence-electron chi connectivity index (χ0n) is 20.3. The number of benzene rings is 3. The van der Waals surface area contributed by atoms with Crippen LogP contribution in [0.25, 0.3) is 0 Å².